The van der Waals surface area contributed by atoms with Crippen LogP contribution >= 0.6 is 23.2 Å². The van der Waals surface area contributed by atoms with Gasteiger partial charge in [-0.15, -0.1) is 0 Å². The fraction of sp³-hybridized carbons (Fsp3) is 0.367. The van der Waals surface area contributed by atoms with E-state index in [4.69, 9.17) is 33.7 Å². The number of piperazine rings is 2. The van der Waals surface area contributed by atoms with Crippen LogP contribution in [0.4, 0.5) is 20.2 Å². The summed E-state index contributed by atoms with van der Waals surface area (Å²) in [5.41, 5.74) is 8.18. The molecule has 0 unspecified atom stereocenters. The van der Waals surface area contributed by atoms with E-state index in [9.17, 15) is 4.79 Å². The molecular weight excluding hydrogens is 571 g/mol. The van der Waals surface area contributed by atoms with Crippen molar-refractivity contribution in [3.8, 4) is 5.75 Å². The number of primary amides is 1. The second-order valence-electron chi connectivity index (χ2n) is 10.4. The first-order valence-electron chi connectivity index (χ1n) is 13.6. The zero-order chi connectivity index (χ0) is 28.9. The molecule has 1 amide bonds. The molecule has 2 fully saturated rings. The van der Waals surface area contributed by atoms with E-state index in [2.05, 4.69) is 19.6 Å². The van der Waals surface area contributed by atoms with Crippen molar-refractivity contribution in [3.05, 3.63) is 87.4 Å². The highest BCUT2D eigenvalue weighted by molar-refractivity contribution is 6.30. The molecule has 5 rings (SSSR count). The van der Waals surface area contributed by atoms with Crippen molar-refractivity contribution in [2.24, 2.45) is 5.73 Å². The van der Waals surface area contributed by atoms with E-state index in [1.165, 1.54) is 0 Å². The van der Waals surface area contributed by atoms with Crippen molar-refractivity contribution < 1.29 is 18.3 Å². The van der Waals surface area contributed by atoms with Crippen molar-refractivity contribution in [1.82, 2.24) is 9.80 Å². The van der Waals surface area contributed by atoms with Crippen LogP contribution in [0.5, 0.6) is 5.75 Å². The van der Waals surface area contributed by atoms with Gasteiger partial charge in [0.25, 0.3) is 5.91 Å². The van der Waals surface area contributed by atoms with Gasteiger partial charge in [-0.05, 0) is 54.6 Å². The molecule has 3 aromatic carbocycles. The maximum absolute atomic E-state index is 15.4. The van der Waals surface area contributed by atoms with Gasteiger partial charge in [0.05, 0.1) is 0 Å². The first kappa shape index (κ1) is 29.4. The van der Waals surface area contributed by atoms with Gasteiger partial charge in [0.1, 0.15) is 0 Å². The van der Waals surface area contributed by atoms with E-state index in [0.29, 0.717) is 35.2 Å². The van der Waals surface area contributed by atoms with Crippen LogP contribution in [0.15, 0.2) is 54.6 Å². The molecule has 2 heterocycles. The number of benzene rings is 3. The molecule has 0 saturated carbocycles. The summed E-state index contributed by atoms with van der Waals surface area (Å²) in [6.45, 7) is 6.00. The highest BCUT2D eigenvalue weighted by Gasteiger charge is 2.26. The van der Waals surface area contributed by atoms with Crippen LogP contribution in [0.2, 0.25) is 10.0 Å². The second-order valence-corrected chi connectivity index (χ2v) is 11.3. The first-order valence-corrected chi connectivity index (χ1v) is 14.4. The molecule has 0 aliphatic carbocycles. The standard InChI is InChI=1S/C30H33Cl2F2N5O2/c31-23-1-5-25(6-2-23)38-13-9-36(10-14-38)18-21-17-22(30(29(34)28(21)33)41-20-27(35)40)19-37-11-15-39(16-12-37)26-7-3-24(32)4-8-26/h1-8,17H,9-16,18-20H2,(H2,35,40). The Morgan fingerprint density at radius 2 is 1.15 bits per heavy atom. The lowest BCUT2D eigenvalue weighted by atomic mass is 10.1. The van der Waals surface area contributed by atoms with Gasteiger partial charge in [-0.3, -0.25) is 14.6 Å². The topological polar surface area (TPSA) is 65.3 Å². The Bertz CT molecular complexity index is 1340. The van der Waals surface area contributed by atoms with E-state index in [-0.39, 0.29) is 17.9 Å². The number of anilines is 2. The molecule has 41 heavy (non-hydrogen) atoms. The first-order chi connectivity index (χ1) is 19.8. The van der Waals surface area contributed by atoms with Gasteiger partial charge in [-0.1, -0.05) is 23.2 Å². The summed E-state index contributed by atoms with van der Waals surface area (Å²) in [6.07, 6.45) is 0. The van der Waals surface area contributed by atoms with E-state index >= 15 is 8.78 Å². The number of rotatable bonds is 9. The molecule has 2 aliphatic rings. The zero-order valence-corrected chi connectivity index (χ0v) is 24.2. The Balaban J connectivity index is 1.27. The number of nitrogens with two attached hydrogens (primary N) is 1. The molecule has 2 saturated heterocycles. The molecule has 11 heteroatoms. The van der Waals surface area contributed by atoms with Crippen LogP contribution in [0.25, 0.3) is 0 Å². The normalized spacial score (nSPS) is 16.7. The average molecular weight is 605 g/mol. The summed E-state index contributed by atoms with van der Waals surface area (Å²) >= 11 is 12.0. The van der Waals surface area contributed by atoms with E-state index in [0.717, 1.165) is 50.6 Å². The Morgan fingerprint density at radius 1 is 0.707 bits per heavy atom. The number of carbonyl (C=O) groups is 1. The summed E-state index contributed by atoms with van der Waals surface area (Å²) in [4.78, 5) is 20.2. The molecule has 0 aromatic heterocycles. The van der Waals surface area contributed by atoms with Crippen LogP contribution in [0.1, 0.15) is 11.1 Å². The molecule has 7 nitrogen and oxygen atoms in total. The quantitative estimate of drug-likeness (QED) is 0.380. The number of ether oxygens (including phenoxy) is 1. The SMILES string of the molecule is NC(=O)COc1c(CN2CCN(c3ccc(Cl)cc3)CC2)cc(CN2CCN(c3ccc(Cl)cc3)CC2)c(F)c1F. The monoisotopic (exact) mass is 603 g/mol. The van der Waals surface area contributed by atoms with Crippen LogP contribution in [-0.4, -0.2) is 74.7 Å². The number of nitrogens with zero attached hydrogens (tertiary/aromatic N) is 4. The van der Waals surface area contributed by atoms with Crippen molar-refractivity contribution >= 4 is 40.5 Å². The molecule has 218 valence electrons. The minimum Gasteiger partial charge on any atom is -0.480 e. The van der Waals surface area contributed by atoms with Crippen molar-refractivity contribution in [3.63, 3.8) is 0 Å². The van der Waals surface area contributed by atoms with Gasteiger partial charge in [-0.25, -0.2) is 4.39 Å². The van der Waals surface area contributed by atoms with Crippen molar-refractivity contribution in [2.45, 2.75) is 13.1 Å². The highest BCUT2D eigenvalue weighted by Crippen LogP contribution is 2.31. The van der Waals surface area contributed by atoms with Gasteiger partial charge in [0.15, 0.2) is 18.2 Å². The molecule has 2 aliphatic heterocycles. The minimum atomic E-state index is -1.08. The summed E-state index contributed by atoms with van der Waals surface area (Å²) in [7, 11) is 0. The smallest absolute Gasteiger partial charge is 0.255 e. The number of hydrogen-bond donors (Lipinski definition) is 1. The fourth-order valence-electron chi connectivity index (χ4n) is 5.37. The zero-order valence-electron chi connectivity index (χ0n) is 22.7. The average Bonchev–Trinajstić information content (AvgIpc) is 2.97. The number of halogens is 4. The third-order valence-corrected chi connectivity index (χ3v) is 8.09. The lowest BCUT2D eigenvalue weighted by Gasteiger charge is -2.37. The van der Waals surface area contributed by atoms with Crippen LogP contribution in [0, 0.1) is 11.6 Å². The molecule has 2 N–H and O–H groups in total. The van der Waals surface area contributed by atoms with Crippen LogP contribution < -0.4 is 20.3 Å². The van der Waals surface area contributed by atoms with E-state index in [1.807, 2.05) is 48.5 Å². The minimum absolute atomic E-state index is 0.252. The molecule has 0 spiro atoms. The summed E-state index contributed by atoms with van der Waals surface area (Å²) in [6, 6.07) is 17.1. The number of hydrogen-bond acceptors (Lipinski definition) is 6. The predicted molar refractivity (Wildman–Crippen MR) is 159 cm³/mol. The van der Waals surface area contributed by atoms with Crippen molar-refractivity contribution in [1.29, 1.82) is 0 Å². The summed E-state index contributed by atoms with van der Waals surface area (Å²) in [5, 5.41) is 1.38. The van der Waals surface area contributed by atoms with E-state index in [1.54, 1.807) is 6.07 Å². The third-order valence-electron chi connectivity index (χ3n) is 7.59. The molecule has 0 atom stereocenters. The van der Waals surface area contributed by atoms with Gasteiger partial charge < -0.3 is 20.3 Å². The maximum Gasteiger partial charge on any atom is 0.255 e. The van der Waals surface area contributed by atoms with E-state index < -0.39 is 24.1 Å². The maximum atomic E-state index is 15.4. The van der Waals surface area contributed by atoms with Gasteiger partial charge in [0.2, 0.25) is 5.82 Å². The molecule has 0 bridgehead atoms. The lowest BCUT2D eigenvalue weighted by molar-refractivity contribution is -0.120. The Kier molecular flexibility index (Phi) is 9.49. The van der Waals surface area contributed by atoms with Crippen LogP contribution in [-0.2, 0) is 17.9 Å². The predicted octanol–water partition coefficient (Wildman–Crippen LogP) is 4.78. The Labute approximate surface area is 249 Å². The fourth-order valence-corrected chi connectivity index (χ4v) is 5.62. The highest BCUT2D eigenvalue weighted by atomic mass is 35.5. The Hall–Kier alpha value is -3.11. The number of amides is 1. The van der Waals surface area contributed by atoms with Gasteiger partial charge in [-0.2, -0.15) is 4.39 Å². The number of carbonyl (C=O) groups excluding carboxylic acids is 1. The molecular formula is C30H33Cl2F2N5O2. The van der Waals surface area contributed by atoms with Crippen LogP contribution in [0.3, 0.4) is 0 Å². The van der Waals surface area contributed by atoms with Crippen molar-refractivity contribution in [2.75, 3.05) is 68.8 Å². The largest absolute Gasteiger partial charge is 0.480 e. The second kappa shape index (κ2) is 13.2. The summed E-state index contributed by atoms with van der Waals surface area (Å²) < 4.78 is 36.1. The molecule has 3 aromatic rings. The Morgan fingerprint density at radius 3 is 1.59 bits per heavy atom. The van der Waals surface area contributed by atoms with Gasteiger partial charge >= 0.3 is 0 Å². The lowest BCUT2D eigenvalue weighted by Crippen LogP contribution is -2.46. The summed E-state index contributed by atoms with van der Waals surface area (Å²) in [5.74, 6) is -3.05. The van der Waals surface area contributed by atoms with Gasteiger partial charge in [0, 0.05) is 98.0 Å². The third kappa shape index (κ3) is 7.40. The molecule has 0 radical (unpaired) electrons.